The molecule has 0 fully saturated rings. The molecular formula is C13H23NaO6. The van der Waals surface area contributed by atoms with Crippen LogP contribution in [0.4, 0.5) is 0 Å². The van der Waals surface area contributed by atoms with Gasteiger partial charge in [0.1, 0.15) is 0 Å². The number of hydrogen-bond donors (Lipinski definition) is 2. The third-order valence-corrected chi connectivity index (χ3v) is 2.64. The van der Waals surface area contributed by atoms with Crippen molar-refractivity contribution in [2.45, 2.75) is 64.4 Å². The zero-order valence-electron chi connectivity index (χ0n) is 11.3. The van der Waals surface area contributed by atoms with Gasteiger partial charge in [-0.1, -0.05) is 39.0 Å². The molecule has 112 valence electrons. The quantitative estimate of drug-likeness (QED) is 0.341. The first-order chi connectivity index (χ1) is 8.97. The number of unbranched alkanes of at least 4 members (excludes halogenated alkanes) is 5. The molecule has 0 spiro atoms. The molecule has 0 aliphatic rings. The molecule has 0 rings (SSSR count). The van der Waals surface area contributed by atoms with E-state index in [4.69, 9.17) is 10.2 Å². The standard InChI is InChI=1S/C13H22O6.Na.H/c1-2-3-4-5-6-7-8-12(16)19-10(13(17)18)9-11(14)15;;/h10H,2-9H2,1H3,(H,14,15)(H,17,18);;. The summed E-state index contributed by atoms with van der Waals surface area (Å²) >= 11 is 0. The van der Waals surface area contributed by atoms with E-state index in [2.05, 4.69) is 11.7 Å². The van der Waals surface area contributed by atoms with Crippen molar-refractivity contribution in [2.75, 3.05) is 0 Å². The second kappa shape index (κ2) is 13.4. The van der Waals surface area contributed by atoms with Crippen LogP contribution in [0.25, 0.3) is 0 Å². The number of esters is 1. The van der Waals surface area contributed by atoms with Gasteiger partial charge in [0.25, 0.3) is 0 Å². The van der Waals surface area contributed by atoms with Gasteiger partial charge in [-0.25, -0.2) is 4.79 Å². The Morgan fingerprint density at radius 2 is 1.55 bits per heavy atom. The van der Waals surface area contributed by atoms with Gasteiger partial charge in [-0.15, -0.1) is 0 Å². The van der Waals surface area contributed by atoms with E-state index in [1.807, 2.05) is 0 Å². The molecule has 0 saturated heterocycles. The van der Waals surface area contributed by atoms with E-state index in [1.54, 1.807) is 0 Å². The molecule has 1 atom stereocenters. The zero-order valence-corrected chi connectivity index (χ0v) is 11.3. The zero-order chi connectivity index (χ0) is 14.7. The molecular weight excluding hydrogens is 275 g/mol. The number of rotatable bonds is 11. The summed E-state index contributed by atoms with van der Waals surface area (Å²) in [7, 11) is 0. The Morgan fingerprint density at radius 1 is 1.00 bits per heavy atom. The first-order valence-electron chi connectivity index (χ1n) is 6.61. The summed E-state index contributed by atoms with van der Waals surface area (Å²) in [6.45, 7) is 2.12. The van der Waals surface area contributed by atoms with Gasteiger partial charge in [0.2, 0.25) is 6.10 Å². The van der Waals surface area contributed by atoms with Crippen LogP contribution in [0.15, 0.2) is 0 Å². The van der Waals surface area contributed by atoms with Crippen LogP contribution in [-0.2, 0) is 19.1 Å². The molecule has 0 heterocycles. The number of carboxylic acids is 2. The Hall–Kier alpha value is -0.590. The number of ether oxygens (including phenoxy) is 1. The Morgan fingerprint density at radius 3 is 2.05 bits per heavy atom. The maximum absolute atomic E-state index is 11.3. The van der Waals surface area contributed by atoms with E-state index in [0.29, 0.717) is 6.42 Å². The fraction of sp³-hybridized carbons (Fsp3) is 0.769. The molecule has 1 unspecified atom stereocenters. The van der Waals surface area contributed by atoms with E-state index in [9.17, 15) is 14.4 Å². The normalized spacial score (nSPS) is 11.2. The summed E-state index contributed by atoms with van der Waals surface area (Å²) in [6, 6.07) is 0. The molecule has 6 nitrogen and oxygen atoms in total. The van der Waals surface area contributed by atoms with Crippen molar-refractivity contribution in [3.8, 4) is 0 Å². The van der Waals surface area contributed by atoms with Gasteiger partial charge in [0, 0.05) is 6.42 Å². The second-order valence-electron chi connectivity index (χ2n) is 4.43. The van der Waals surface area contributed by atoms with Crippen molar-refractivity contribution in [1.82, 2.24) is 0 Å². The first kappa shape index (κ1) is 21.7. The van der Waals surface area contributed by atoms with Crippen molar-refractivity contribution in [3.05, 3.63) is 0 Å². The predicted molar refractivity (Wildman–Crippen MR) is 74.9 cm³/mol. The monoisotopic (exact) mass is 298 g/mol. The molecule has 0 aliphatic heterocycles. The van der Waals surface area contributed by atoms with E-state index in [-0.39, 0.29) is 36.0 Å². The molecule has 0 aromatic heterocycles. The molecule has 0 aliphatic carbocycles. The number of carbonyl (C=O) groups is 3. The molecule has 7 heteroatoms. The van der Waals surface area contributed by atoms with Gasteiger partial charge in [0.15, 0.2) is 0 Å². The number of carboxylic acid groups (broad SMARTS) is 2. The SMILES string of the molecule is CCCCCCCCC(=O)OC(CC(=O)O)C(=O)O.[NaH]. The third-order valence-electron chi connectivity index (χ3n) is 2.64. The molecule has 0 amide bonds. The summed E-state index contributed by atoms with van der Waals surface area (Å²) in [5.74, 6) is -3.39. The first-order valence-corrected chi connectivity index (χ1v) is 6.61. The average molecular weight is 298 g/mol. The Labute approximate surface area is 141 Å². The third kappa shape index (κ3) is 12.4. The topological polar surface area (TPSA) is 101 Å². The molecule has 0 radical (unpaired) electrons. The van der Waals surface area contributed by atoms with Crippen LogP contribution in [0, 0.1) is 0 Å². The number of hydrogen-bond acceptors (Lipinski definition) is 4. The molecule has 2 N–H and O–H groups in total. The van der Waals surface area contributed by atoms with Crippen LogP contribution in [-0.4, -0.2) is 63.8 Å². The summed E-state index contributed by atoms with van der Waals surface area (Å²) in [6.07, 6.45) is 3.86. The Kier molecular flexibility index (Phi) is 14.5. The van der Waals surface area contributed by atoms with Gasteiger partial charge >= 0.3 is 47.5 Å². The number of carbonyl (C=O) groups excluding carboxylic acids is 1. The van der Waals surface area contributed by atoms with E-state index in [1.165, 1.54) is 6.42 Å². The van der Waals surface area contributed by atoms with Crippen molar-refractivity contribution in [1.29, 1.82) is 0 Å². The van der Waals surface area contributed by atoms with E-state index in [0.717, 1.165) is 25.7 Å². The maximum atomic E-state index is 11.3. The van der Waals surface area contributed by atoms with Crippen molar-refractivity contribution >= 4 is 47.5 Å². The van der Waals surface area contributed by atoms with Crippen LogP contribution in [0.2, 0.25) is 0 Å². The van der Waals surface area contributed by atoms with Crippen LogP contribution >= 0.6 is 0 Å². The predicted octanol–water partition coefficient (Wildman–Crippen LogP) is 1.56. The van der Waals surface area contributed by atoms with Crippen molar-refractivity contribution < 1.29 is 29.3 Å². The molecule has 0 bridgehead atoms. The summed E-state index contributed by atoms with van der Waals surface area (Å²) in [5.41, 5.74) is 0. The summed E-state index contributed by atoms with van der Waals surface area (Å²) < 4.78 is 4.63. The number of aliphatic carboxylic acids is 2. The molecule has 0 saturated carbocycles. The van der Waals surface area contributed by atoms with Gasteiger partial charge < -0.3 is 14.9 Å². The van der Waals surface area contributed by atoms with Crippen molar-refractivity contribution in [3.63, 3.8) is 0 Å². The van der Waals surface area contributed by atoms with Crippen LogP contribution in [0.1, 0.15) is 58.3 Å². The van der Waals surface area contributed by atoms with Gasteiger partial charge in [-0.05, 0) is 6.42 Å². The fourth-order valence-electron chi connectivity index (χ4n) is 1.61. The second-order valence-corrected chi connectivity index (χ2v) is 4.43. The van der Waals surface area contributed by atoms with Gasteiger partial charge in [-0.3, -0.25) is 9.59 Å². The van der Waals surface area contributed by atoms with Crippen LogP contribution in [0.5, 0.6) is 0 Å². The van der Waals surface area contributed by atoms with Gasteiger partial charge in [-0.2, -0.15) is 0 Å². The van der Waals surface area contributed by atoms with E-state index >= 15 is 0 Å². The fourth-order valence-corrected chi connectivity index (χ4v) is 1.61. The van der Waals surface area contributed by atoms with Crippen LogP contribution < -0.4 is 0 Å². The molecule has 0 aromatic rings. The summed E-state index contributed by atoms with van der Waals surface area (Å²) in [4.78, 5) is 32.4. The van der Waals surface area contributed by atoms with E-state index < -0.39 is 30.4 Å². The minimum absolute atomic E-state index is 0. The molecule has 20 heavy (non-hydrogen) atoms. The van der Waals surface area contributed by atoms with Crippen LogP contribution in [0.3, 0.4) is 0 Å². The van der Waals surface area contributed by atoms with Crippen molar-refractivity contribution in [2.24, 2.45) is 0 Å². The Bertz CT molecular complexity index is 305. The summed E-state index contributed by atoms with van der Waals surface area (Å²) in [5, 5.41) is 17.2. The van der Waals surface area contributed by atoms with Gasteiger partial charge in [0.05, 0.1) is 6.42 Å². The minimum atomic E-state index is -1.59. The average Bonchev–Trinajstić information content (AvgIpc) is 2.32. The molecule has 0 aromatic carbocycles. The Balaban J connectivity index is 0.